The molecule has 3 rings (SSSR count). The van der Waals surface area contributed by atoms with Gasteiger partial charge in [0.1, 0.15) is 0 Å². The highest BCUT2D eigenvalue weighted by Gasteiger charge is 2.31. The van der Waals surface area contributed by atoms with Crippen LogP contribution in [0, 0.1) is 12.8 Å². The summed E-state index contributed by atoms with van der Waals surface area (Å²) in [6, 6.07) is 6.14. The summed E-state index contributed by atoms with van der Waals surface area (Å²) in [5, 5.41) is 4.28. The zero-order valence-electron chi connectivity index (χ0n) is 12.6. The van der Waals surface area contributed by atoms with Crippen molar-refractivity contribution in [3.8, 4) is 0 Å². The molecule has 1 N–H and O–H groups in total. The Hall–Kier alpha value is -1.06. The number of piperidine rings is 1. The van der Waals surface area contributed by atoms with Crippen molar-refractivity contribution in [1.82, 2.24) is 10.2 Å². The summed E-state index contributed by atoms with van der Waals surface area (Å²) in [5.74, 6) is 0.768. The summed E-state index contributed by atoms with van der Waals surface area (Å²) < 4.78 is 0. The lowest BCUT2D eigenvalue weighted by molar-refractivity contribution is 0.0650. The first-order valence-electron chi connectivity index (χ1n) is 7.94. The van der Waals surface area contributed by atoms with E-state index in [0.717, 1.165) is 37.2 Å². The van der Waals surface area contributed by atoms with Crippen LogP contribution in [-0.4, -0.2) is 36.5 Å². The Labute approximate surface area is 131 Å². The molecule has 21 heavy (non-hydrogen) atoms. The molecule has 2 atom stereocenters. The second-order valence-corrected chi connectivity index (χ2v) is 6.75. The van der Waals surface area contributed by atoms with Crippen molar-refractivity contribution >= 4 is 17.5 Å². The number of carbonyl (C=O) groups is 1. The third kappa shape index (κ3) is 3.24. The van der Waals surface area contributed by atoms with Gasteiger partial charge in [0.05, 0.1) is 0 Å². The molecule has 4 heteroatoms. The molecule has 0 bridgehead atoms. The van der Waals surface area contributed by atoms with Crippen molar-refractivity contribution < 1.29 is 4.79 Å². The number of benzene rings is 1. The molecule has 0 saturated carbocycles. The van der Waals surface area contributed by atoms with Crippen LogP contribution < -0.4 is 5.32 Å². The van der Waals surface area contributed by atoms with Crippen molar-refractivity contribution in [2.45, 2.75) is 38.6 Å². The van der Waals surface area contributed by atoms with E-state index in [9.17, 15) is 4.79 Å². The zero-order chi connectivity index (χ0) is 14.8. The zero-order valence-corrected chi connectivity index (χ0v) is 13.3. The van der Waals surface area contributed by atoms with Crippen LogP contribution in [0.4, 0.5) is 0 Å². The number of carbonyl (C=O) groups excluding carboxylic acids is 1. The molecule has 2 aliphatic rings. The SMILES string of the molecule is Cc1cc(Cl)ccc1C(=O)N1CCCC(C2CCCN2)C1. The Morgan fingerprint density at radius 2 is 2.19 bits per heavy atom. The summed E-state index contributed by atoms with van der Waals surface area (Å²) in [5.41, 5.74) is 1.76. The summed E-state index contributed by atoms with van der Waals surface area (Å²) in [4.78, 5) is 14.8. The van der Waals surface area contributed by atoms with Crippen LogP contribution in [0.5, 0.6) is 0 Å². The molecule has 1 aromatic carbocycles. The van der Waals surface area contributed by atoms with E-state index in [4.69, 9.17) is 11.6 Å². The van der Waals surface area contributed by atoms with E-state index in [0.29, 0.717) is 17.0 Å². The maximum atomic E-state index is 12.8. The van der Waals surface area contributed by atoms with Gasteiger partial charge in [-0.25, -0.2) is 0 Å². The second kappa shape index (κ2) is 6.37. The van der Waals surface area contributed by atoms with Gasteiger partial charge in [-0.05, 0) is 68.8 Å². The van der Waals surface area contributed by atoms with E-state index < -0.39 is 0 Å². The summed E-state index contributed by atoms with van der Waals surface area (Å²) >= 11 is 5.98. The Balaban J connectivity index is 1.71. The average Bonchev–Trinajstić information content (AvgIpc) is 3.01. The monoisotopic (exact) mass is 306 g/mol. The van der Waals surface area contributed by atoms with Crippen molar-refractivity contribution in [3.63, 3.8) is 0 Å². The fourth-order valence-electron chi connectivity index (χ4n) is 3.67. The van der Waals surface area contributed by atoms with Gasteiger partial charge in [0.25, 0.3) is 5.91 Å². The lowest BCUT2D eigenvalue weighted by Crippen LogP contribution is -2.46. The minimum atomic E-state index is 0.159. The second-order valence-electron chi connectivity index (χ2n) is 6.32. The summed E-state index contributed by atoms with van der Waals surface area (Å²) in [6.07, 6.45) is 4.88. The van der Waals surface area contributed by atoms with Gasteiger partial charge >= 0.3 is 0 Å². The minimum absolute atomic E-state index is 0.159. The van der Waals surface area contributed by atoms with Gasteiger partial charge in [-0.2, -0.15) is 0 Å². The highest BCUT2D eigenvalue weighted by atomic mass is 35.5. The maximum Gasteiger partial charge on any atom is 0.254 e. The average molecular weight is 307 g/mol. The predicted octanol–water partition coefficient (Wildman–Crippen LogP) is 3.25. The number of hydrogen-bond donors (Lipinski definition) is 1. The molecule has 2 saturated heterocycles. The van der Waals surface area contributed by atoms with E-state index >= 15 is 0 Å². The van der Waals surface area contributed by atoms with Crippen molar-refractivity contribution in [2.24, 2.45) is 5.92 Å². The lowest BCUT2D eigenvalue weighted by Gasteiger charge is -2.36. The van der Waals surface area contributed by atoms with Crippen molar-refractivity contribution in [3.05, 3.63) is 34.3 Å². The predicted molar refractivity (Wildman–Crippen MR) is 85.8 cm³/mol. The van der Waals surface area contributed by atoms with Crippen LogP contribution in [-0.2, 0) is 0 Å². The number of aryl methyl sites for hydroxylation is 1. The molecular weight excluding hydrogens is 284 g/mol. The lowest BCUT2D eigenvalue weighted by atomic mass is 9.89. The maximum absolute atomic E-state index is 12.8. The minimum Gasteiger partial charge on any atom is -0.338 e. The molecule has 2 heterocycles. The molecule has 2 aliphatic heterocycles. The molecular formula is C17H23ClN2O. The number of halogens is 1. The van der Waals surface area contributed by atoms with E-state index in [2.05, 4.69) is 5.32 Å². The van der Waals surface area contributed by atoms with Crippen LogP contribution in [0.2, 0.25) is 5.02 Å². The van der Waals surface area contributed by atoms with Gasteiger partial charge in [0, 0.05) is 29.7 Å². The van der Waals surface area contributed by atoms with Crippen LogP contribution in [0.1, 0.15) is 41.6 Å². The largest absolute Gasteiger partial charge is 0.338 e. The normalized spacial score (nSPS) is 26.1. The Kier molecular flexibility index (Phi) is 4.51. The number of nitrogens with one attached hydrogen (secondary N) is 1. The number of hydrogen-bond acceptors (Lipinski definition) is 2. The van der Waals surface area contributed by atoms with E-state index in [1.807, 2.05) is 30.0 Å². The van der Waals surface area contributed by atoms with Gasteiger partial charge in [0.2, 0.25) is 0 Å². The Bertz CT molecular complexity index is 526. The molecule has 114 valence electrons. The molecule has 2 fully saturated rings. The summed E-state index contributed by atoms with van der Waals surface area (Å²) in [6.45, 7) is 4.85. The fourth-order valence-corrected chi connectivity index (χ4v) is 3.90. The van der Waals surface area contributed by atoms with Gasteiger partial charge in [-0.3, -0.25) is 4.79 Å². The molecule has 1 aromatic rings. The quantitative estimate of drug-likeness (QED) is 0.909. The first-order chi connectivity index (χ1) is 10.1. The molecule has 0 aliphatic carbocycles. The number of rotatable bonds is 2. The van der Waals surface area contributed by atoms with Gasteiger partial charge < -0.3 is 10.2 Å². The van der Waals surface area contributed by atoms with E-state index in [1.54, 1.807) is 0 Å². The third-order valence-corrected chi connectivity index (χ3v) is 5.07. The van der Waals surface area contributed by atoms with Crippen LogP contribution in [0.25, 0.3) is 0 Å². The standard InChI is InChI=1S/C17H23ClN2O/c1-12-10-14(18)6-7-15(12)17(21)20-9-3-4-13(11-20)16-5-2-8-19-16/h6-7,10,13,16,19H,2-5,8-9,11H2,1H3. The first kappa shape index (κ1) is 14.9. The summed E-state index contributed by atoms with van der Waals surface area (Å²) in [7, 11) is 0. The number of likely N-dealkylation sites (tertiary alicyclic amines) is 1. The topological polar surface area (TPSA) is 32.3 Å². The van der Waals surface area contributed by atoms with Gasteiger partial charge in [-0.1, -0.05) is 11.6 Å². The van der Waals surface area contributed by atoms with E-state index in [-0.39, 0.29) is 5.91 Å². The van der Waals surface area contributed by atoms with Crippen molar-refractivity contribution in [2.75, 3.05) is 19.6 Å². The van der Waals surface area contributed by atoms with Crippen LogP contribution in [0.3, 0.4) is 0 Å². The van der Waals surface area contributed by atoms with Crippen molar-refractivity contribution in [1.29, 1.82) is 0 Å². The van der Waals surface area contributed by atoms with Crippen LogP contribution >= 0.6 is 11.6 Å². The molecule has 1 amide bonds. The molecule has 0 aromatic heterocycles. The smallest absolute Gasteiger partial charge is 0.254 e. The van der Waals surface area contributed by atoms with Crippen LogP contribution in [0.15, 0.2) is 18.2 Å². The molecule has 0 spiro atoms. The highest BCUT2D eigenvalue weighted by Crippen LogP contribution is 2.26. The fraction of sp³-hybridized carbons (Fsp3) is 0.588. The van der Waals surface area contributed by atoms with Gasteiger partial charge in [-0.15, -0.1) is 0 Å². The molecule has 3 nitrogen and oxygen atoms in total. The third-order valence-electron chi connectivity index (χ3n) is 4.83. The molecule has 2 unspecified atom stereocenters. The Morgan fingerprint density at radius 1 is 1.33 bits per heavy atom. The molecule has 0 radical (unpaired) electrons. The first-order valence-corrected chi connectivity index (χ1v) is 8.32. The highest BCUT2D eigenvalue weighted by molar-refractivity contribution is 6.30. The van der Waals surface area contributed by atoms with Gasteiger partial charge in [0.15, 0.2) is 0 Å². The Morgan fingerprint density at radius 3 is 2.90 bits per heavy atom. The van der Waals surface area contributed by atoms with E-state index in [1.165, 1.54) is 19.3 Å². The number of amides is 1. The number of nitrogens with zero attached hydrogens (tertiary/aromatic N) is 1.